The summed E-state index contributed by atoms with van der Waals surface area (Å²) < 4.78 is 11.8. The first-order chi connectivity index (χ1) is 12.0. The molecule has 0 N–H and O–H groups in total. The van der Waals surface area contributed by atoms with Crippen LogP contribution >= 0.6 is 15.9 Å². The fraction of sp³-hybridized carbons (Fsp3) is 0.167. The molecule has 0 aliphatic heterocycles. The predicted molar refractivity (Wildman–Crippen MR) is 97.3 cm³/mol. The lowest BCUT2D eigenvalue weighted by atomic mass is 10.0. The standard InChI is InChI=1S/C18H14BrNO5/c1-2-24-16-10-14(19)9-12-8-13(18(21)25-17(12)16)7-11-3-5-15(6-4-11)20(22)23/h3-6,8-10H,2,7H2,1H3. The van der Waals surface area contributed by atoms with Crippen LogP contribution < -0.4 is 10.4 Å². The number of rotatable bonds is 5. The van der Waals surface area contributed by atoms with Crippen molar-refractivity contribution in [3.63, 3.8) is 0 Å². The van der Waals surface area contributed by atoms with E-state index in [1.54, 1.807) is 24.3 Å². The Morgan fingerprint density at radius 3 is 2.56 bits per heavy atom. The van der Waals surface area contributed by atoms with Crippen LogP contribution in [0.15, 0.2) is 56.1 Å². The molecule has 0 saturated heterocycles. The van der Waals surface area contributed by atoms with E-state index >= 15 is 0 Å². The third kappa shape index (κ3) is 3.71. The number of nitro benzene ring substituents is 1. The van der Waals surface area contributed by atoms with Crippen molar-refractivity contribution in [3.05, 3.63) is 78.6 Å². The van der Waals surface area contributed by atoms with Gasteiger partial charge in [-0.2, -0.15) is 0 Å². The van der Waals surface area contributed by atoms with E-state index in [0.717, 1.165) is 15.4 Å². The molecular weight excluding hydrogens is 390 g/mol. The lowest BCUT2D eigenvalue weighted by Gasteiger charge is -2.08. The monoisotopic (exact) mass is 403 g/mol. The van der Waals surface area contributed by atoms with E-state index < -0.39 is 10.5 Å². The maximum absolute atomic E-state index is 12.3. The number of ether oxygens (including phenoxy) is 1. The molecule has 128 valence electrons. The van der Waals surface area contributed by atoms with Gasteiger partial charge < -0.3 is 9.15 Å². The molecule has 1 aromatic heterocycles. The summed E-state index contributed by atoms with van der Waals surface area (Å²) in [5.41, 5.74) is 1.23. The Morgan fingerprint density at radius 1 is 1.20 bits per heavy atom. The molecule has 0 aliphatic rings. The fourth-order valence-corrected chi connectivity index (χ4v) is 3.01. The Kier molecular flexibility index (Phi) is 4.85. The third-order valence-corrected chi connectivity index (χ3v) is 4.13. The van der Waals surface area contributed by atoms with Crippen molar-refractivity contribution < 1.29 is 14.1 Å². The van der Waals surface area contributed by atoms with Gasteiger partial charge in [-0.1, -0.05) is 28.1 Å². The zero-order chi connectivity index (χ0) is 18.0. The third-order valence-electron chi connectivity index (χ3n) is 3.68. The second kappa shape index (κ2) is 7.06. The Labute approximate surface area is 151 Å². The average molecular weight is 404 g/mol. The fourth-order valence-electron chi connectivity index (χ4n) is 2.55. The van der Waals surface area contributed by atoms with Gasteiger partial charge in [-0.3, -0.25) is 10.1 Å². The molecule has 25 heavy (non-hydrogen) atoms. The lowest BCUT2D eigenvalue weighted by molar-refractivity contribution is -0.384. The largest absolute Gasteiger partial charge is 0.490 e. The summed E-state index contributed by atoms with van der Waals surface area (Å²) in [7, 11) is 0. The quantitative estimate of drug-likeness (QED) is 0.356. The predicted octanol–water partition coefficient (Wildman–Crippen LogP) is 4.45. The van der Waals surface area contributed by atoms with Crippen LogP contribution in [0.4, 0.5) is 5.69 Å². The highest BCUT2D eigenvalue weighted by Crippen LogP contribution is 2.30. The number of hydrogen-bond donors (Lipinski definition) is 0. The molecule has 0 amide bonds. The van der Waals surface area contributed by atoms with Crippen molar-refractivity contribution in [2.75, 3.05) is 6.61 Å². The molecule has 0 fully saturated rings. The van der Waals surface area contributed by atoms with E-state index in [1.165, 1.54) is 12.1 Å². The summed E-state index contributed by atoms with van der Waals surface area (Å²) in [5.74, 6) is 0.505. The maximum Gasteiger partial charge on any atom is 0.339 e. The van der Waals surface area contributed by atoms with Crippen LogP contribution in [0.1, 0.15) is 18.1 Å². The SMILES string of the molecule is CCOc1cc(Br)cc2cc(Cc3ccc([N+](=O)[O-])cc3)c(=O)oc12. The average Bonchev–Trinajstić information content (AvgIpc) is 2.57. The van der Waals surface area contributed by atoms with Gasteiger partial charge in [0.25, 0.3) is 5.69 Å². The van der Waals surface area contributed by atoms with Crippen LogP contribution in [0.25, 0.3) is 11.0 Å². The zero-order valence-electron chi connectivity index (χ0n) is 13.3. The molecular formula is C18H14BrNO5. The van der Waals surface area contributed by atoms with Gasteiger partial charge in [0, 0.05) is 34.0 Å². The van der Waals surface area contributed by atoms with Crippen LogP contribution in [0.5, 0.6) is 5.75 Å². The lowest BCUT2D eigenvalue weighted by Crippen LogP contribution is -2.08. The van der Waals surface area contributed by atoms with E-state index in [1.807, 2.05) is 13.0 Å². The Hall–Kier alpha value is -2.67. The van der Waals surface area contributed by atoms with Gasteiger partial charge in [-0.15, -0.1) is 0 Å². The molecule has 3 aromatic rings. The van der Waals surface area contributed by atoms with Gasteiger partial charge in [-0.25, -0.2) is 4.79 Å². The minimum atomic E-state index is -0.457. The van der Waals surface area contributed by atoms with Crippen molar-refractivity contribution in [1.82, 2.24) is 0 Å². The molecule has 6 nitrogen and oxygen atoms in total. The molecule has 0 saturated carbocycles. The first kappa shape index (κ1) is 17.2. The molecule has 1 heterocycles. The van der Waals surface area contributed by atoms with Crippen molar-refractivity contribution in [1.29, 1.82) is 0 Å². The van der Waals surface area contributed by atoms with E-state index in [2.05, 4.69) is 15.9 Å². The second-order valence-corrected chi connectivity index (χ2v) is 6.33. The zero-order valence-corrected chi connectivity index (χ0v) is 14.9. The highest BCUT2D eigenvalue weighted by Gasteiger charge is 2.12. The number of fused-ring (bicyclic) bond motifs is 1. The topological polar surface area (TPSA) is 82.6 Å². The number of nitrogens with zero attached hydrogens (tertiary/aromatic N) is 1. The Bertz CT molecular complexity index is 995. The molecule has 0 spiro atoms. The van der Waals surface area contributed by atoms with Crippen molar-refractivity contribution in [3.8, 4) is 5.75 Å². The van der Waals surface area contributed by atoms with Crippen LogP contribution in [0.2, 0.25) is 0 Å². The molecule has 0 aliphatic carbocycles. The number of benzene rings is 2. The van der Waals surface area contributed by atoms with E-state index in [-0.39, 0.29) is 5.69 Å². The Morgan fingerprint density at radius 2 is 1.92 bits per heavy atom. The number of nitro groups is 1. The van der Waals surface area contributed by atoms with Gasteiger partial charge in [0.15, 0.2) is 11.3 Å². The van der Waals surface area contributed by atoms with Gasteiger partial charge in [-0.05, 0) is 30.7 Å². The number of hydrogen-bond acceptors (Lipinski definition) is 5. The molecule has 7 heteroatoms. The Balaban J connectivity index is 2.00. The minimum Gasteiger partial charge on any atom is -0.490 e. The summed E-state index contributed by atoms with van der Waals surface area (Å²) >= 11 is 3.42. The first-order valence-electron chi connectivity index (χ1n) is 7.60. The van der Waals surface area contributed by atoms with E-state index in [9.17, 15) is 14.9 Å². The second-order valence-electron chi connectivity index (χ2n) is 5.41. The normalized spacial score (nSPS) is 10.8. The van der Waals surface area contributed by atoms with E-state index in [4.69, 9.17) is 9.15 Å². The summed E-state index contributed by atoms with van der Waals surface area (Å²) in [6, 6.07) is 11.5. The van der Waals surface area contributed by atoms with E-state index in [0.29, 0.717) is 29.9 Å². The van der Waals surface area contributed by atoms with Crippen LogP contribution in [-0.2, 0) is 6.42 Å². The van der Waals surface area contributed by atoms with Gasteiger partial charge in [0.1, 0.15) is 0 Å². The van der Waals surface area contributed by atoms with Crippen molar-refractivity contribution >= 4 is 32.6 Å². The smallest absolute Gasteiger partial charge is 0.339 e. The van der Waals surface area contributed by atoms with Gasteiger partial charge >= 0.3 is 5.63 Å². The van der Waals surface area contributed by atoms with Crippen LogP contribution in [0, 0.1) is 10.1 Å². The molecule has 0 atom stereocenters. The summed E-state index contributed by atoms with van der Waals surface area (Å²) in [6.07, 6.45) is 0.326. The molecule has 0 unspecified atom stereocenters. The maximum atomic E-state index is 12.3. The molecule has 2 aromatic carbocycles. The highest BCUT2D eigenvalue weighted by atomic mass is 79.9. The van der Waals surface area contributed by atoms with Crippen LogP contribution in [0.3, 0.4) is 0 Å². The molecule has 0 bridgehead atoms. The molecule has 0 radical (unpaired) electrons. The highest BCUT2D eigenvalue weighted by molar-refractivity contribution is 9.10. The summed E-state index contributed by atoms with van der Waals surface area (Å²) in [4.78, 5) is 22.6. The number of non-ortho nitro benzene ring substituents is 1. The number of halogens is 1. The first-order valence-corrected chi connectivity index (χ1v) is 8.39. The van der Waals surface area contributed by atoms with Gasteiger partial charge in [0.2, 0.25) is 0 Å². The molecule has 3 rings (SSSR count). The summed E-state index contributed by atoms with van der Waals surface area (Å²) in [5, 5.41) is 11.5. The summed E-state index contributed by atoms with van der Waals surface area (Å²) in [6.45, 7) is 2.31. The van der Waals surface area contributed by atoms with Crippen LogP contribution in [-0.4, -0.2) is 11.5 Å². The van der Waals surface area contributed by atoms with Crippen molar-refractivity contribution in [2.45, 2.75) is 13.3 Å². The van der Waals surface area contributed by atoms with Gasteiger partial charge in [0.05, 0.1) is 11.5 Å². The van der Waals surface area contributed by atoms with Crippen molar-refractivity contribution in [2.24, 2.45) is 0 Å². The minimum absolute atomic E-state index is 0.0135.